The zero-order chi connectivity index (χ0) is 14.3. The van der Waals surface area contributed by atoms with E-state index in [1.54, 1.807) is 6.07 Å². The lowest BCUT2D eigenvalue weighted by molar-refractivity contribution is 0.627. The van der Waals surface area contributed by atoms with Crippen LogP contribution < -0.4 is 4.90 Å². The molecule has 0 saturated heterocycles. The molecule has 0 fully saturated rings. The topological polar surface area (TPSA) is 44.8 Å². The number of imidazole rings is 1. The molecule has 102 valence electrons. The number of pyridine rings is 1. The highest BCUT2D eigenvalue weighted by atomic mass is 127. The van der Waals surface area contributed by atoms with Crippen LogP contribution in [0.2, 0.25) is 0 Å². The zero-order valence-corrected chi connectivity index (χ0v) is 13.1. The standard InChI is InChI=1S/C14H12FIN4/c1-20(2)12-6-5-11-14(18-12)19-13(17-11)9-4-3-8(15)7-10(9)16/h3-7H,1-2H3,(H,17,18,19). The fraction of sp³-hybridized carbons (Fsp3) is 0.143. The highest BCUT2D eigenvalue weighted by Gasteiger charge is 2.11. The maximum Gasteiger partial charge on any atom is 0.180 e. The van der Waals surface area contributed by atoms with E-state index in [1.165, 1.54) is 12.1 Å². The second-order valence-corrected chi connectivity index (χ2v) is 5.81. The normalized spacial score (nSPS) is 11.0. The molecule has 1 N–H and O–H groups in total. The van der Waals surface area contributed by atoms with Gasteiger partial charge in [-0.2, -0.15) is 0 Å². The molecule has 3 rings (SSSR count). The molecule has 3 aromatic rings. The van der Waals surface area contributed by atoms with Gasteiger partial charge in [-0.3, -0.25) is 0 Å². The number of aromatic nitrogens is 3. The molecule has 2 heterocycles. The summed E-state index contributed by atoms with van der Waals surface area (Å²) in [7, 11) is 3.87. The van der Waals surface area contributed by atoms with Gasteiger partial charge < -0.3 is 9.88 Å². The van der Waals surface area contributed by atoms with Crippen LogP contribution in [-0.4, -0.2) is 29.0 Å². The first-order chi connectivity index (χ1) is 9.54. The van der Waals surface area contributed by atoms with Crippen molar-refractivity contribution >= 4 is 39.6 Å². The number of nitrogens with one attached hydrogen (secondary N) is 1. The molecule has 0 spiro atoms. The summed E-state index contributed by atoms with van der Waals surface area (Å²) in [4.78, 5) is 14.1. The summed E-state index contributed by atoms with van der Waals surface area (Å²) in [5, 5.41) is 0. The molecule has 0 radical (unpaired) electrons. The first-order valence-electron chi connectivity index (χ1n) is 6.04. The monoisotopic (exact) mass is 382 g/mol. The number of benzene rings is 1. The average Bonchev–Trinajstić information content (AvgIpc) is 2.80. The lowest BCUT2D eigenvalue weighted by atomic mass is 10.2. The quantitative estimate of drug-likeness (QED) is 0.691. The van der Waals surface area contributed by atoms with Gasteiger partial charge in [0.25, 0.3) is 0 Å². The molecule has 0 aliphatic heterocycles. The van der Waals surface area contributed by atoms with Crippen LogP contribution >= 0.6 is 22.6 Å². The summed E-state index contributed by atoms with van der Waals surface area (Å²) in [6, 6.07) is 8.53. The summed E-state index contributed by atoms with van der Waals surface area (Å²) < 4.78 is 14.0. The van der Waals surface area contributed by atoms with Crippen molar-refractivity contribution in [3.05, 3.63) is 39.7 Å². The van der Waals surface area contributed by atoms with E-state index in [9.17, 15) is 4.39 Å². The molecule has 2 aromatic heterocycles. The van der Waals surface area contributed by atoms with Crippen molar-refractivity contribution in [3.63, 3.8) is 0 Å². The van der Waals surface area contributed by atoms with Gasteiger partial charge in [0.05, 0.1) is 5.52 Å². The number of aromatic amines is 1. The number of halogens is 2. The van der Waals surface area contributed by atoms with Crippen molar-refractivity contribution in [1.29, 1.82) is 0 Å². The SMILES string of the molecule is CN(C)c1ccc2[nH]c(-c3ccc(F)cc3I)nc2n1. The van der Waals surface area contributed by atoms with Crippen LogP contribution in [-0.2, 0) is 0 Å². The summed E-state index contributed by atoms with van der Waals surface area (Å²) in [6.07, 6.45) is 0. The molecular weight excluding hydrogens is 370 g/mol. The Balaban J connectivity index is 2.13. The molecule has 0 saturated carbocycles. The van der Waals surface area contributed by atoms with E-state index < -0.39 is 0 Å². The number of rotatable bonds is 2. The smallest absolute Gasteiger partial charge is 0.180 e. The van der Waals surface area contributed by atoms with Gasteiger partial charge in [-0.25, -0.2) is 14.4 Å². The Hall–Kier alpha value is -1.70. The maximum atomic E-state index is 13.2. The van der Waals surface area contributed by atoms with Gasteiger partial charge in [0, 0.05) is 23.2 Å². The predicted molar refractivity (Wildman–Crippen MR) is 86.3 cm³/mol. The van der Waals surface area contributed by atoms with Crippen LogP contribution in [0.1, 0.15) is 0 Å². The van der Waals surface area contributed by atoms with Crippen LogP contribution in [0.3, 0.4) is 0 Å². The van der Waals surface area contributed by atoms with Gasteiger partial charge >= 0.3 is 0 Å². The molecule has 4 nitrogen and oxygen atoms in total. The molecule has 1 aromatic carbocycles. The third-order valence-corrected chi connectivity index (χ3v) is 3.87. The minimum Gasteiger partial charge on any atom is -0.363 e. The largest absolute Gasteiger partial charge is 0.363 e. The number of hydrogen-bond acceptors (Lipinski definition) is 3. The number of anilines is 1. The van der Waals surface area contributed by atoms with E-state index in [0.29, 0.717) is 11.5 Å². The van der Waals surface area contributed by atoms with E-state index in [-0.39, 0.29) is 5.82 Å². The van der Waals surface area contributed by atoms with Crippen LogP contribution in [0, 0.1) is 9.39 Å². The molecule has 20 heavy (non-hydrogen) atoms. The van der Waals surface area contributed by atoms with Crippen LogP contribution in [0.5, 0.6) is 0 Å². The minimum absolute atomic E-state index is 0.248. The van der Waals surface area contributed by atoms with Crippen LogP contribution in [0.4, 0.5) is 10.2 Å². The summed E-state index contributed by atoms with van der Waals surface area (Å²) in [6.45, 7) is 0. The fourth-order valence-corrected chi connectivity index (χ4v) is 2.67. The summed E-state index contributed by atoms with van der Waals surface area (Å²) in [5.74, 6) is 1.31. The molecule has 0 aliphatic carbocycles. The number of nitrogens with zero attached hydrogens (tertiary/aromatic N) is 3. The first-order valence-corrected chi connectivity index (χ1v) is 7.12. The second-order valence-electron chi connectivity index (χ2n) is 4.64. The zero-order valence-electron chi connectivity index (χ0n) is 11.0. The van der Waals surface area contributed by atoms with Crippen LogP contribution in [0.15, 0.2) is 30.3 Å². The Morgan fingerprint density at radius 3 is 2.65 bits per heavy atom. The molecule has 0 bridgehead atoms. The van der Waals surface area contributed by atoms with E-state index in [4.69, 9.17) is 0 Å². The fourth-order valence-electron chi connectivity index (χ4n) is 1.94. The minimum atomic E-state index is -0.248. The van der Waals surface area contributed by atoms with Crippen molar-refractivity contribution < 1.29 is 4.39 Å². The maximum absolute atomic E-state index is 13.2. The Kier molecular flexibility index (Phi) is 3.33. The molecular formula is C14H12FIN4. The second kappa shape index (κ2) is 5.01. The molecule has 6 heteroatoms. The molecule has 0 aliphatic rings. The van der Waals surface area contributed by atoms with E-state index in [2.05, 4.69) is 37.5 Å². The average molecular weight is 382 g/mol. The van der Waals surface area contributed by atoms with Crippen LogP contribution in [0.25, 0.3) is 22.6 Å². The third kappa shape index (κ3) is 2.35. The van der Waals surface area contributed by atoms with E-state index in [0.717, 1.165) is 20.5 Å². The van der Waals surface area contributed by atoms with E-state index >= 15 is 0 Å². The van der Waals surface area contributed by atoms with Crippen molar-refractivity contribution in [3.8, 4) is 11.4 Å². The van der Waals surface area contributed by atoms with Gasteiger partial charge in [0.1, 0.15) is 17.5 Å². The van der Waals surface area contributed by atoms with Gasteiger partial charge in [-0.15, -0.1) is 0 Å². The predicted octanol–water partition coefficient (Wildman–Crippen LogP) is 3.43. The van der Waals surface area contributed by atoms with Crippen molar-refractivity contribution in [2.24, 2.45) is 0 Å². The molecule has 0 atom stereocenters. The van der Waals surface area contributed by atoms with Gasteiger partial charge in [-0.05, 0) is 52.9 Å². The summed E-state index contributed by atoms with van der Waals surface area (Å²) in [5.41, 5.74) is 2.40. The third-order valence-electron chi connectivity index (χ3n) is 2.98. The van der Waals surface area contributed by atoms with Crippen molar-refractivity contribution in [1.82, 2.24) is 15.0 Å². The van der Waals surface area contributed by atoms with Gasteiger partial charge in [0.2, 0.25) is 0 Å². The lowest BCUT2D eigenvalue weighted by Gasteiger charge is -2.09. The Labute approximate surface area is 129 Å². The van der Waals surface area contributed by atoms with Gasteiger partial charge in [0.15, 0.2) is 5.65 Å². The highest BCUT2D eigenvalue weighted by Crippen LogP contribution is 2.26. The Morgan fingerprint density at radius 1 is 1.15 bits per heavy atom. The Bertz CT molecular complexity index is 782. The van der Waals surface area contributed by atoms with E-state index in [1.807, 2.05) is 31.1 Å². The summed E-state index contributed by atoms with van der Waals surface area (Å²) >= 11 is 2.10. The van der Waals surface area contributed by atoms with Crippen molar-refractivity contribution in [2.45, 2.75) is 0 Å². The first kappa shape index (κ1) is 13.3. The highest BCUT2D eigenvalue weighted by molar-refractivity contribution is 14.1. The van der Waals surface area contributed by atoms with Crippen molar-refractivity contribution in [2.75, 3.05) is 19.0 Å². The Morgan fingerprint density at radius 2 is 1.95 bits per heavy atom. The lowest BCUT2D eigenvalue weighted by Crippen LogP contribution is -2.10. The molecule has 0 unspecified atom stereocenters. The number of H-pyrrole nitrogens is 1. The molecule has 0 amide bonds. The number of hydrogen-bond donors (Lipinski definition) is 1. The van der Waals surface area contributed by atoms with Gasteiger partial charge in [-0.1, -0.05) is 0 Å². The number of fused-ring (bicyclic) bond motifs is 1.